The number of para-hydroxylation sites is 1. The number of hydrogen-bond acceptors (Lipinski definition) is 4. The molecule has 0 radical (unpaired) electrons. The molecule has 1 amide bonds. The van der Waals surface area contributed by atoms with Crippen LogP contribution in [0.2, 0.25) is 5.02 Å². The van der Waals surface area contributed by atoms with Crippen LogP contribution < -0.4 is 14.9 Å². The van der Waals surface area contributed by atoms with E-state index in [1.54, 1.807) is 34.9 Å². The summed E-state index contributed by atoms with van der Waals surface area (Å²) in [4.78, 5) is 24.8. The van der Waals surface area contributed by atoms with Gasteiger partial charge in [0.2, 0.25) is 0 Å². The first-order valence-corrected chi connectivity index (χ1v) is 9.97. The fraction of sp³-hybridized carbons (Fsp3) is 0.300. The smallest absolute Gasteiger partial charge is 0.308 e. The summed E-state index contributed by atoms with van der Waals surface area (Å²) in [5.41, 5.74) is 1.50. The zero-order valence-electron chi connectivity index (χ0n) is 15.4. The summed E-state index contributed by atoms with van der Waals surface area (Å²) < 4.78 is 8.37. The van der Waals surface area contributed by atoms with E-state index in [9.17, 15) is 9.59 Å². The first kappa shape index (κ1) is 19.5. The number of aromatic nitrogens is 1. The van der Waals surface area contributed by atoms with Crippen LogP contribution in [0.3, 0.4) is 0 Å². The maximum Gasteiger partial charge on any atom is 0.308 e. The van der Waals surface area contributed by atoms with Crippen LogP contribution in [0, 0.1) is 0 Å². The van der Waals surface area contributed by atoms with Crippen molar-refractivity contribution in [2.45, 2.75) is 39.3 Å². The van der Waals surface area contributed by atoms with Gasteiger partial charge < -0.3 is 10.1 Å². The predicted octanol–water partition coefficient (Wildman–Crippen LogP) is 5.09. The molecule has 2 aromatic carbocycles. The number of halogens is 1. The summed E-state index contributed by atoms with van der Waals surface area (Å²) in [6.07, 6.45) is -0.171. The quantitative estimate of drug-likeness (QED) is 0.622. The van der Waals surface area contributed by atoms with E-state index in [0.717, 1.165) is 10.2 Å². The Balaban J connectivity index is 1.80. The van der Waals surface area contributed by atoms with Crippen molar-refractivity contribution in [3.63, 3.8) is 0 Å². The Hall–Kier alpha value is -2.31. The summed E-state index contributed by atoms with van der Waals surface area (Å²) in [6, 6.07) is 12.6. The van der Waals surface area contributed by atoms with Crippen molar-refractivity contribution in [3.8, 4) is 5.75 Å². The Morgan fingerprint density at radius 2 is 2.00 bits per heavy atom. The number of carbonyl (C=O) groups is 1. The van der Waals surface area contributed by atoms with Crippen LogP contribution in [0.15, 0.2) is 47.3 Å². The molecule has 5 nitrogen and oxygen atoms in total. The lowest BCUT2D eigenvalue weighted by atomic mass is 10.2. The molecule has 0 saturated carbocycles. The Morgan fingerprint density at radius 3 is 2.67 bits per heavy atom. The fourth-order valence-corrected chi connectivity index (χ4v) is 4.07. The minimum absolute atomic E-state index is 0.00281. The molecule has 3 aromatic rings. The van der Waals surface area contributed by atoms with Crippen LogP contribution in [0.25, 0.3) is 10.2 Å². The highest BCUT2D eigenvalue weighted by Gasteiger charge is 2.20. The molecule has 27 heavy (non-hydrogen) atoms. The molecule has 1 N–H and O–H groups in total. The highest BCUT2D eigenvalue weighted by atomic mass is 35.5. The number of hydrogen-bond donors (Lipinski definition) is 1. The van der Waals surface area contributed by atoms with Gasteiger partial charge in [-0.3, -0.25) is 14.2 Å². The van der Waals surface area contributed by atoms with Gasteiger partial charge in [0, 0.05) is 11.7 Å². The van der Waals surface area contributed by atoms with E-state index in [2.05, 4.69) is 5.32 Å². The van der Waals surface area contributed by atoms with Gasteiger partial charge in [-0.05, 0) is 50.6 Å². The minimum atomic E-state index is -0.667. The van der Waals surface area contributed by atoms with E-state index >= 15 is 0 Å². The number of anilines is 1. The predicted molar refractivity (Wildman–Crippen MR) is 111 cm³/mol. The molecule has 7 heteroatoms. The maximum atomic E-state index is 12.6. The number of ether oxygens (including phenoxy) is 1. The van der Waals surface area contributed by atoms with Gasteiger partial charge in [-0.15, -0.1) is 0 Å². The van der Waals surface area contributed by atoms with Gasteiger partial charge in [0.15, 0.2) is 6.10 Å². The highest BCUT2D eigenvalue weighted by Crippen LogP contribution is 2.26. The van der Waals surface area contributed by atoms with Gasteiger partial charge in [0.25, 0.3) is 5.91 Å². The van der Waals surface area contributed by atoms with E-state index in [0.29, 0.717) is 22.9 Å². The molecule has 1 atom stereocenters. The molecular weight excluding hydrogens is 384 g/mol. The van der Waals surface area contributed by atoms with Crippen molar-refractivity contribution in [2.24, 2.45) is 0 Å². The van der Waals surface area contributed by atoms with E-state index in [1.807, 2.05) is 32.9 Å². The molecule has 0 fully saturated rings. The first-order chi connectivity index (χ1) is 12.9. The molecule has 142 valence electrons. The molecular formula is C20H21ClN2O3S. The Kier molecular flexibility index (Phi) is 5.87. The molecule has 0 bridgehead atoms. The van der Waals surface area contributed by atoms with Crippen molar-refractivity contribution in [2.75, 3.05) is 5.32 Å². The van der Waals surface area contributed by atoms with E-state index in [1.165, 1.54) is 11.3 Å². The molecule has 0 aliphatic carbocycles. The second-order valence-corrected chi connectivity index (χ2v) is 7.85. The summed E-state index contributed by atoms with van der Waals surface area (Å²) in [5, 5.41) is 3.33. The number of nitrogens with one attached hydrogen (secondary N) is 1. The number of amides is 1. The number of fused-ring (bicyclic) bond motifs is 1. The van der Waals surface area contributed by atoms with Gasteiger partial charge in [0.05, 0.1) is 15.2 Å². The Labute approximate surface area is 166 Å². The standard InChI is InChI=1S/C20H21ClN2O3S/c1-4-16(26-17-8-6-5-7-14(17)21)19(24)22-13-9-10-15-18(11-13)27-20(25)23(15)12(2)3/h5-12,16H,4H2,1-3H3,(H,22,24)/t16-/m0/s1. The summed E-state index contributed by atoms with van der Waals surface area (Å²) in [6.45, 7) is 5.82. The molecule has 1 aromatic heterocycles. The summed E-state index contributed by atoms with van der Waals surface area (Å²) in [5.74, 6) is 0.219. The van der Waals surface area contributed by atoms with Crippen LogP contribution >= 0.6 is 22.9 Å². The number of nitrogens with zero attached hydrogens (tertiary/aromatic N) is 1. The van der Waals surface area contributed by atoms with Gasteiger partial charge in [-0.25, -0.2) is 0 Å². The van der Waals surface area contributed by atoms with Gasteiger partial charge in [-0.2, -0.15) is 0 Å². The second kappa shape index (κ2) is 8.15. The third-order valence-electron chi connectivity index (χ3n) is 4.17. The van der Waals surface area contributed by atoms with Crippen molar-refractivity contribution >= 4 is 44.7 Å². The zero-order valence-corrected chi connectivity index (χ0v) is 16.9. The Bertz CT molecular complexity index is 1030. The molecule has 3 rings (SSSR count). The van der Waals surface area contributed by atoms with E-state index in [-0.39, 0.29) is 16.8 Å². The molecule has 0 saturated heterocycles. The summed E-state index contributed by atoms with van der Waals surface area (Å²) >= 11 is 7.29. The van der Waals surface area contributed by atoms with Crippen molar-refractivity contribution < 1.29 is 9.53 Å². The topological polar surface area (TPSA) is 60.3 Å². The largest absolute Gasteiger partial charge is 0.479 e. The maximum absolute atomic E-state index is 12.6. The lowest BCUT2D eigenvalue weighted by molar-refractivity contribution is -0.122. The minimum Gasteiger partial charge on any atom is -0.479 e. The SMILES string of the molecule is CC[C@H](Oc1ccccc1Cl)C(=O)Nc1ccc2c(c1)sc(=O)n2C(C)C. The molecule has 0 aliphatic rings. The Morgan fingerprint density at radius 1 is 1.26 bits per heavy atom. The normalized spacial score (nSPS) is 12.3. The lowest BCUT2D eigenvalue weighted by Gasteiger charge is -2.18. The van der Waals surface area contributed by atoms with Crippen LogP contribution in [-0.4, -0.2) is 16.6 Å². The molecule has 0 aliphatic heterocycles. The number of benzene rings is 2. The summed E-state index contributed by atoms with van der Waals surface area (Å²) in [7, 11) is 0. The van der Waals surface area contributed by atoms with Gasteiger partial charge >= 0.3 is 4.87 Å². The molecule has 1 heterocycles. The highest BCUT2D eigenvalue weighted by molar-refractivity contribution is 7.16. The zero-order chi connectivity index (χ0) is 19.6. The second-order valence-electron chi connectivity index (χ2n) is 6.45. The van der Waals surface area contributed by atoms with Gasteiger partial charge in [-0.1, -0.05) is 42.0 Å². The van der Waals surface area contributed by atoms with Gasteiger partial charge in [0.1, 0.15) is 5.75 Å². The fourth-order valence-electron chi connectivity index (χ4n) is 2.84. The molecule has 0 unspecified atom stereocenters. The lowest BCUT2D eigenvalue weighted by Crippen LogP contribution is -2.32. The van der Waals surface area contributed by atoms with Crippen LogP contribution in [0.4, 0.5) is 5.69 Å². The van der Waals surface area contributed by atoms with E-state index in [4.69, 9.17) is 16.3 Å². The number of carbonyl (C=O) groups excluding carboxylic acids is 1. The van der Waals surface area contributed by atoms with Crippen molar-refractivity contribution in [3.05, 3.63) is 57.2 Å². The van der Waals surface area contributed by atoms with Crippen molar-refractivity contribution in [1.29, 1.82) is 0 Å². The number of rotatable bonds is 6. The molecule has 0 spiro atoms. The average Bonchev–Trinajstić information content (AvgIpc) is 2.96. The average molecular weight is 405 g/mol. The van der Waals surface area contributed by atoms with Crippen LogP contribution in [-0.2, 0) is 4.79 Å². The number of thiazole rings is 1. The van der Waals surface area contributed by atoms with Crippen LogP contribution in [0.1, 0.15) is 33.2 Å². The third kappa shape index (κ3) is 4.17. The van der Waals surface area contributed by atoms with Crippen molar-refractivity contribution in [1.82, 2.24) is 4.57 Å². The van der Waals surface area contributed by atoms with E-state index < -0.39 is 6.10 Å². The van der Waals surface area contributed by atoms with Crippen LogP contribution in [0.5, 0.6) is 5.75 Å². The monoisotopic (exact) mass is 404 g/mol. The first-order valence-electron chi connectivity index (χ1n) is 8.77. The third-order valence-corrected chi connectivity index (χ3v) is 5.40.